The zero-order valence-corrected chi connectivity index (χ0v) is 17.9. The molecule has 0 amide bonds. The molecule has 2 heterocycles. The quantitative estimate of drug-likeness (QED) is 0.538. The maximum absolute atomic E-state index is 12.6. The van der Waals surface area contributed by atoms with Gasteiger partial charge in [0.25, 0.3) is 0 Å². The van der Waals surface area contributed by atoms with Gasteiger partial charge >= 0.3 is 5.97 Å². The number of hydrogen-bond acceptors (Lipinski definition) is 5. The van der Waals surface area contributed by atoms with Crippen LogP contribution in [0.25, 0.3) is 10.9 Å². The number of rotatable bonds is 8. The highest BCUT2D eigenvalue weighted by atomic mass is 16.7. The van der Waals surface area contributed by atoms with Crippen LogP contribution in [0.5, 0.6) is 5.75 Å². The lowest BCUT2D eigenvalue weighted by Crippen LogP contribution is -2.26. The number of nitrogens with zero attached hydrogens (tertiary/aromatic N) is 2. The van der Waals surface area contributed by atoms with Gasteiger partial charge in [0.1, 0.15) is 5.75 Å². The number of hydrogen-bond donors (Lipinski definition) is 1. The zero-order chi connectivity index (χ0) is 21.0. The van der Waals surface area contributed by atoms with Gasteiger partial charge in [0, 0.05) is 55.4 Å². The summed E-state index contributed by atoms with van der Waals surface area (Å²) >= 11 is 0. The van der Waals surface area contributed by atoms with Crippen molar-refractivity contribution in [3.8, 4) is 5.75 Å². The summed E-state index contributed by atoms with van der Waals surface area (Å²) in [5.74, 6) is 0.376. The molecule has 0 fully saturated rings. The van der Waals surface area contributed by atoms with Crippen molar-refractivity contribution in [3.05, 3.63) is 54.0 Å². The Bertz CT molecular complexity index is 911. The van der Waals surface area contributed by atoms with Gasteiger partial charge < -0.3 is 24.3 Å². The zero-order valence-electron chi connectivity index (χ0n) is 17.9. The van der Waals surface area contributed by atoms with Crippen molar-refractivity contribution in [1.29, 1.82) is 0 Å². The monoisotopic (exact) mass is 397 g/mol. The Balaban J connectivity index is 1.70. The molecule has 0 bridgehead atoms. The number of H-pyrrole nitrogens is 1. The Kier molecular flexibility index (Phi) is 6.64. The first-order valence-corrected chi connectivity index (χ1v) is 10.1. The number of fused-ring (bicyclic) bond motifs is 1. The Morgan fingerprint density at radius 3 is 2.79 bits per heavy atom. The van der Waals surface area contributed by atoms with Crippen LogP contribution in [0.1, 0.15) is 32.8 Å². The summed E-state index contributed by atoms with van der Waals surface area (Å²) in [5.41, 5.74) is 2.83. The van der Waals surface area contributed by atoms with Crippen molar-refractivity contribution < 1.29 is 14.3 Å². The summed E-state index contributed by atoms with van der Waals surface area (Å²) in [6, 6.07) is 6.17. The van der Waals surface area contributed by atoms with Crippen LogP contribution in [0.3, 0.4) is 0 Å². The molecule has 29 heavy (non-hydrogen) atoms. The van der Waals surface area contributed by atoms with Gasteiger partial charge in [-0.3, -0.25) is 0 Å². The van der Waals surface area contributed by atoms with Crippen LogP contribution in [0, 0.1) is 0 Å². The average molecular weight is 398 g/mol. The summed E-state index contributed by atoms with van der Waals surface area (Å²) in [6.45, 7) is 6.85. The molecule has 1 unspecified atom stereocenters. The van der Waals surface area contributed by atoms with Crippen LogP contribution in [0.15, 0.2) is 48.4 Å². The minimum absolute atomic E-state index is 0.287. The van der Waals surface area contributed by atoms with Gasteiger partial charge in [-0.1, -0.05) is 12.1 Å². The number of aromatic nitrogens is 1. The number of nitrogens with one attached hydrogen (secondary N) is 1. The van der Waals surface area contributed by atoms with Gasteiger partial charge in [-0.15, -0.1) is 0 Å². The van der Waals surface area contributed by atoms with Crippen molar-refractivity contribution in [3.63, 3.8) is 0 Å². The lowest BCUT2D eigenvalue weighted by atomic mass is 10.1. The van der Waals surface area contributed by atoms with Crippen molar-refractivity contribution in [1.82, 2.24) is 14.8 Å². The van der Waals surface area contributed by atoms with Crippen LogP contribution in [0.2, 0.25) is 0 Å². The largest absolute Gasteiger partial charge is 0.454 e. The molecule has 6 heteroatoms. The number of ether oxygens (including phenoxy) is 2. The molecule has 1 aromatic carbocycles. The maximum Gasteiger partial charge on any atom is 0.338 e. The van der Waals surface area contributed by atoms with E-state index in [-0.39, 0.29) is 12.0 Å². The van der Waals surface area contributed by atoms with E-state index in [1.807, 2.05) is 47.8 Å². The first kappa shape index (κ1) is 21.0. The van der Waals surface area contributed by atoms with Crippen molar-refractivity contribution in [2.75, 3.05) is 20.6 Å². The number of likely N-dealkylation sites (N-methyl/N-ethyl adjacent to an activating group) is 1. The van der Waals surface area contributed by atoms with Crippen LogP contribution in [-0.4, -0.2) is 53.7 Å². The van der Waals surface area contributed by atoms with Crippen molar-refractivity contribution >= 4 is 16.9 Å². The third-order valence-electron chi connectivity index (χ3n) is 4.92. The molecule has 1 atom stereocenters. The minimum atomic E-state index is -0.691. The number of carbonyl (C=O) groups is 1. The lowest BCUT2D eigenvalue weighted by Gasteiger charge is -2.25. The number of aromatic amines is 1. The second-order valence-electron chi connectivity index (χ2n) is 7.92. The summed E-state index contributed by atoms with van der Waals surface area (Å²) in [4.78, 5) is 20.0. The standard InChI is InChI=1S/C23H31N3O3/c1-16(2)26-12-7-8-19(15-26)23(27)29-17(3)28-21-10-6-9-20-22(21)18(14-24-20)11-13-25(4)5/h6-7,9-10,12,14-17,24H,8,11,13H2,1-5H3. The van der Waals surface area contributed by atoms with E-state index in [1.54, 1.807) is 6.92 Å². The van der Waals surface area contributed by atoms with Crippen LogP contribution in [0.4, 0.5) is 0 Å². The topological polar surface area (TPSA) is 57.8 Å². The third kappa shape index (κ3) is 5.21. The summed E-state index contributed by atoms with van der Waals surface area (Å²) in [7, 11) is 4.12. The lowest BCUT2D eigenvalue weighted by molar-refractivity contribution is -0.156. The van der Waals surface area contributed by atoms with E-state index in [0.717, 1.165) is 29.6 Å². The van der Waals surface area contributed by atoms with Crippen LogP contribution in [-0.2, 0) is 16.0 Å². The number of carbonyl (C=O) groups excluding carboxylic acids is 1. The predicted octanol–water partition coefficient (Wildman–Crippen LogP) is 4.05. The van der Waals surface area contributed by atoms with Gasteiger partial charge in [-0.25, -0.2) is 4.79 Å². The van der Waals surface area contributed by atoms with E-state index >= 15 is 0 Å². The Morgan fingerprint density at radius 2 is 2.07 bits per heavy atom. The SMILES string of the molecule is CC(OC(=O)C1=CN(C(C)C)C=CC1)Oc1cccc2[nH]cc(CCN(C)C)c12. The molecule has 0 aliphatic carbocycles. The molecule has 1 N–H and O–H groups in total. The van der Waals surface area contributed by atoms with E-state index < -0.39 is 6.29 Å². The van der Waals surface area contributed by atoms with E-state index in [9.17, 15) is 4.79 Å². The summed E-state index contributed by atoms with van der Waals surface area (Å²) in [6.07, 6.45) is 8.62. The fourth-order valence-electron chi connectivity index (χ4n) is 3.32. The normalized spacial score (nSPS) is 15.1. The number of benzene rings is 1. The fraction of sp³-hybridized carbons (Fsp3) is 0.435. The van der Waals surface area contributed by atoms with Crippen LogP contribution < -0.4 is 4.74 Å². The molecule has 0 saturated heterocycles. The first-order chi connectivity index (χ1) is 13.8. The Labute approximate surface area is 172 Å². The molecule has 0 spiro atoms. The number of esters is 1. The molecule has 0 radical (unpaired) electrons. The highest BCUT2D eigenvalue weighted by Crippen LogP contribution is 2.30. The maximum atomic E-state index is 12.6. The highest BCUT2D eigenvalue weighted by molar-refractivity contribution is 5.90. The highest BCUT2D eigenvalue weighted by Gasteiger charge is 2.20. The molecule has 0 saturated carbocycles. The fourth-order valence-corrected chi connectivity index (χ4v) is 3.32. The molecule has 156 valence electrons. The van der Waals surface area contributed by atoms with E-state index in [2.05, 4.69) is 37.8 Å². The van der Waals surface area contributed by atoms with Gasteiger partial charge in [0.15, 0.2) is 0 Å². The van der Waals surface area contributed by atoms with Gasteiger partial charge in [-0.05, 0) is 52.1 Å². The molecular formula is C23H31N3O3. The Morgan fingerprint density at radius 1 is 1.28 bits per heavy atom. The Hall–Kier alpha value is -2.73. The molecule has 1 aliphatic heterocycles. The smallest absolute Gasteiger partial charge is 0.338 e. The first-order valence-electron chi connectivity index (χ1n) is 10.1. The van der Waals surface area contributed by atoms with E-state index in [1.165, 1.54) is 5.56 Å². The van der Waals surface area contributed by atoms with Crippen molar-refractivity contribution in [2.45, 2.75) is 45.9 Å². The third-order valence-corrected chi connectivity index (χ3v) is 4.92. The van der Waals surface area contributed by atoms with Gasteiger partial charge in [0.05, 0.1) is 5.57 Å². The predicted molar refractivity (Wildman–Crippen MR) is 116 cm³/mol. The second kappa shape index (κ2) is 9.18. The molecule has 1 aromatic heterocycles. The average Bonchev–Trinajstić information content (AvgIpc) is 3.10. The van der Waals surface area contributed by atoms with Gasteiger partial charge in [-0.2, -0.15) is 0 Å². The molecule has 3 rings (SSSR count). The summed E-state index contributed by atoms with van der Waals surface area (Å²) in [5, 5.41) is 1.04. The van der Waals surface area contributed by atoms with E-state index in [4.69, 9.17) is 9.47 Å². The molecule has 2 aromatic rings. The summed E-state index contributed by atoms with van der Waals surface area (Å²) < 4.78 is 11.6. The second-order valence-corrected chi connectivity index (χ2v) is 7.92. The van der Waals surface area contributed by atoms with Crippen LogP contribution >= 0.6 is 0 Å². The minimum Gasteiger partial charge on any atom is -0.454 e. The van der Waals surface area contributed by atoms with Gasteiger partial charge in [0.2, 0.25) is 6.29 Å². The molecule has 6 nitrogen and oxygen atoms in total. The number of allylic oxidation sites excluding steroid dienone is 1. The van der Waals surface area contributed by atoms with E-state index in [0.29, 0.717) is 12.0 Å². The molecular weight excluding hydrogens is 366 g/mol. The van der Waals surface area contributed by atoms with Crippen molar-refractivity contribution in [2.24, 2.45) is 0 Å². The molecule has 1 aliphatic rings.